The van der Waals surface area contributed by atoms with Gasteiger partial charge in [-0.25, -0.2) is 8.78 Å². The number of carboxylic acids is 1. The molecular formula is C35H39F5N4O6. The van der Waals surface area contributed by atoms with Crippen molar-refractivity contribution in [3.05, 3.63) is 92.4 Å². The van der Waals surface area contributed by atoms with Crippen LogP contribution in [0.25, 0.3) is 11.1 Å². The Morgan fingerprint density at radius 2 is 1.66 bits per heavy atom. The van der Waals surface area contributed by atoms with E-state index in [-0.39, 0.29) is 49.3 Å². The second-order valence-corrected chi connectivity index (χ2v) is 12.5. The zero-order valence-electron chi connectivity index (χ0n) is 28.0. The van der Waals surface area contributed by atoms with Crippen molar-refractivity contribution in [3.63, 3.8) is 0 Å². The van der Waals surface area contributed by atoms with Gasteiger partial charge in [0.1, 0.15) is 23.2 Å². The van der Waals surface area contributed by atoms with Crippen molar-refractivity contribution >= 4 is 17.8 Å². The molecule has 1 fully saturated rings. The van der Waals surface area contributed by atoms with Gasteiger partial charge in [0.2, 0.25) is 5.91 Å². The van der Waals surface area contributed by atoms with Crippen molar-refractivity contribution in [2.24, 2.45) is 0 Å². The van der Waals surface area contributed by atoms with Gasteiger partial charge < -0.3 is 20.3 Å². The van der Waals surface area contributed by atoms with Gasteiger partial charge in [0.15, 0.2) is 0 Å². The van der Waals surface area contributed by atoms with Gasteiger partial charge in [-0.05, 0) is 91.4 Å². The standard InChI is InChI=1S/C35H39F5N4O6/c1-5-7-27(41-32(47)25-8-6-9-44(34(25)49)11-10-43-17-24(18-43)50-35(38,39)40)33(48)42-28(16-29(45)46)26-15-22(12-21(4)31(26)37)30-19(2)13-23(36)14-20(30)3/h6,8-9,12-15,24,27-28H,5,7,10-11,16-18H2,1-4H3,(H,41,47)(H,42,48)(H,45,46)/t27-,28-/m0/s1. The van der Waals surface area contributed by atoms with E-state index in [2.05, 4.69) is 15.4 Å². The summed E-state index contributed by atoms with van der Waals surface area (Å²) < 4.78 is 72.0. The minimum Gasteiger partial charge on any atom is -0.481 e. The second kappa shape index (κ2) is 15.9. The smallest absolute Gasteiger partial charge is 0.481 e. The first-order chi connectivity index (χ1) is 23.5. The van der Waals surface area contributed by atoms with Crippen molar-refractivity contribution in [3.8, 4) is 11.1 Å². The van der Waals surface area contributed by atoms with Gasteiger partial charge in [0, 0.05) is 37.9 Å². The lowest BCUT2D eigenvalue weighted by molar-refractivity contribution is -0.354. The minimum absolute atomic E-state index is 0.0321. The second-order valence-electron chi connectivity index (χ2n) is 12.5. The molecule has 1 aliphatic heterocycles. The highest BCUT2D eigenvalue weighted by atomic mass is 19.4. The number of nitrogens with zero attached hydrogens (tertiary/aromatic N) is 2. The SMILES string of the molecule is CCC[C@H](NC(=O)c1cccn(CCN2CC(OC(F)(F)F)C2)c1=O)C(=O)N[C@@H](CC(=O)O)c1cc(-c2c(C)cc(F)cc2C)cc(C)c1F. The Morgan fingerprint density at radius 1 is 1.00 bits per heavy atom. The Morgan fingerprint density at radius 3 is 2.26 bits per heavy atom. The molecule has 3 N–H and O–H groups in total. The molecule has 0 bridgehead atoms. The lowest BCUT2D eigenvalue weighted by atomic mass is 9.90. The maximum absolute atomic E-state index is 15.6. The van der Waals surface area contributed by atoms with Gasteiger partial charge in [-0.15, -0.1) is 13.2 Å². The van der Waals surface area contributed by atoms with E-state index in [1.807, 2.05) is 0 Å². The van der Waals surface area contributed by atoms with Crippen LogP contribution in [-0.4, -0.2) is 70.5 Å². The van der Waals surface area contributed by atoms with Crippen LogP contribution >= 0.6 is 0 Å². The Hall–Kier alpha value is -4.63. The van der Waals surface area contributed by atoms with Crippen LogP contribution in [0.3, 0.4) is 0 Å². The molecule has 10 nitrogen and oxygen atoms in total. The molecule has 0 radical (unpaired) electrons. The number of halogens is 5. The van der Waals surface area contributed by atoms with Gasteiger partial charge in [0.25, 0.3) is 11.5 Å². The summed E-state index contributed by atoms with van der Waals surface area (Å²) in [7, 11) is 0. The van der Waals surface area contributed by atoms with E-state index in [1.54, 1.807) is 31.7 Å². The van der Waals surface area contributed by atoms with Crippen LogP contribution in [-0.2, 0) is 20.9 Å². The molecule has 2 amide bonds. The molecule has 0 unspecified atom stereocenters. The average molecular weight is 707 g/mol. The number of hydrogen-bond donors (Lipinski definition) is 3. The lowest BCUT2D eigenvalue weighted by Crippen LogP contribution is -2.54. The molecule has 0 saturated carbocycles. The highest BCUT2D eigenvalue weighted by molar-refractivity contribution is 5.97. The summed E-state index contributed by atoms with van der Waals surface area (Å²) in [5.74, 6) is -4.18. The van der Waals surface area contributed by atoms with Gasteiger partial charge in [-0.3, -0.25) is 28.8 Å². The van der Waals surface area contributed by atoms with Crippen LogP contribution in [0.1, 0.15) is 64.8 Å². The molecule has 1 saturated heterocycles. The monoisotopic (exact) mass is 706 g/mol. The Labute approximate surface area is 285 Å². The third-order valence-electron chi connectivity index (χ3n) is 8.48. The number of carboxylic acid groups (broad SMARTS) is 1. The van der Waals surface area contributed by atoms with Crippen molar-refractivity contribution in [2.75, 3.05) is 19.6 Å². The molecule has 0 spiro atoms. The molecule has 15 heteroatoms. The molecule has 4 rings (SSSR count). The highest BCUT2D eigenvalue weighted by Gasteiger charge is 2.39. The molecule has 270 valence electrons. The number of hydrogen-bond acceptors (Lipinski definition) is 6. The average Bonchev–Trinajstić information content (AvgIpc) is 2.98. The third-order valence-corrected chi connectivity index (χ3v) is 8.48. The van der Waals surface area contributed by atoms with Gasteiger partial charge >= 0.3 is 12.3 Å². The molecule has 1 aliphatic rings. The number of nitrogens with one attached hydrogen (secondary N) is 2. The molecule has 2 aromatic carbocycles. The van der Waals surface area contributed by atoms with Gasteiger partial charge in [0.05, 0.1) is 18.6 Å². The molecular weight excluding hydrogens is 667 g/mol. The fourth-order valence-corrected chi connectivity index (χ4v) is 6.14. The zero-order valence-corrected chi connectivity index (χ0v) is 28.0. The van der Waals surface area contributed by atoms with E-state index in [0.29, 0.717) is 28.7 Å². The predicted octanol–water partition coefficient (Wildman–Crippen LogP) is 5.17. The number of amides is 2. The van der Waals surface area contributed by atoms with Gasteiger partial charge in [-0.1, -0.05) is 13.3 Å². The number of rotatable bonds is 14. The highest BCUT2D eigenvalue weighted by Crippen LogP contribution is 2.34. The number of pyridine rings is 1. The van der Waals surface area contributed by atoms with Crippen molar-refractivity contribution in [2.45, 2.75) is 78.1 Å². The zero-order chi connectivity index (χ0) is 36.9. The molecule has 3 aromatic rings. The summed E-state index contributed by atoms with van der Waals surface area (Å²) in [5, 5.41) is 14.8. The maximum atomic E-state index is 15.6. The lowest BCUT2D eigenvalue weighted by Gasteiger charge is -2.38. The number of aliphatic carboxylic acids is 1. The molecule has 50 heavy (non-hydrogen) atoms. The van der Waals surface area contributed by atoms with Gasteiger partial charge in [-0.2, -0.15) is 0 Å². The molecule has 2 heterocycles. The summed E-state index contributed by atoms with van der Waals surface area (Å²) in [4.78, 5) is 53.6. The summed E-state index contributed by atoms with van der Waals surface area (Å²) in [6, 6.07) is 5.77. The third kappa shape index (κ3) is 9.53. The van der Waals surface area contributed by atoms with E-state index in [1.165, 1.54) is 48.0 Å². The quantitative estimate of drug-likeness (QED) is 0.197. The Balaban J connectivity index is 1.52. The molecule has 0 aliphatic carbocycles. The fourth-order valence-electron chi connectivity index (χ4n) is 6.14. The van der Waals surface area contributed by atoms with Crippen molar-refractivity contribution < 1.29 is 46.2 Å². The number of carbonyl (C=O) groups is 3. The molecule has 2 atom stereocenters. The topological polar surface area (TPSA) is 130 Å². The minimum atomic E-state index is -4.73. The molecule has 1 aromatic heterocycles. The summed E-state index contributed by atoms with van der Waals surface area (Å²) in [6.07, 6.45) is -4.49. The summed E-state index contributed by atoms with van der Waals surface area (Å²) in [5.41, 5.74) is 1.38. The summed E-state index contributed by atoms with van der Waals surface area (Å²) >= 11 is 0. The fraction of sp³-hybridized carbons (Fsp3) is 0.429. The van der Waals surface area contributed by atoms with Crippen LogP contribution in [0.4, 0.5) is 22.0 Å². The maximum Gasteiger partial charge on any atom is 0.522 e. The number of ether oxygens (including phenoxy) is 1. The first-order valence-corrected chi connectivity index (χ1v) is 16.0. The van der Waals surface area contributed by atoms with E-state index >= 15 is 4.39 Å². The number of benzene rings is 2. The number of alkyl halides is 3. The Bertz CT molecular complexity index is 1780. The number of aromatic nitrogens is 1. The largest absolute Gasteiger partial charge is 0.522 e. The Kier molecular flexibility index (Phi) is 12.2. The van der Waals surface area contributed by atoms with Crippen LogP contribution in [0.15, 0.2) is 47.4 Å². The van der Waals surface area contributed by atoms with Crippen LogP contribution in [0.2, 0.25) is 0 Å². The van der Waals surface area contributed by atoms with Crippen LogP contribution in [0, 0.1) is 32.4 Å². The van der Waals surface area contributed by atoms with E-state index in [4.69, 9.17) is 0 Å². The normalized spacial score (nSPS) is 14.9. The van der Waals surface area contributed by atoms with E-state index in [0.717, 1.165) is 0 Å². The first kappa shape index (κ1) is 38.2. The van der Waals surface area contributed by atoms with E-state index < -0.39 is 65.9 Å². The van der Waals surface area contributed by atoms with Crippen molar-refractivity contribution in [1.29, 1.82) is 0 Å². The number of aryl methyl sites for hydroxylation is 3. The first-order valence-electron chi connectivity index (χ1n) is 16.0. The van der Waals surface area contributed by atoms with Crippen molar-refractivity contribution in [1.82, 2.24) is 20.1 Å². The summed E-state index contributed by atoms with van der Waals surface area (Å²) in [6.45, 7) is 7.00. The number of carbonyl (C=O) groups excluding carboxylic acids is 2. The van der Waals surface area contributed by atoms with Crippen LogP contribution < -0.4 is 16.2 Å². The van der Waals surface area contributed by atoms with Crippen LogP contribution in [0.5, 0.6) is 0 Å². The van der Waals surface area contributed by atoms with E-state index in [9.17, 15) is 41.8 Å². The number of likely N-dealkylation sites (tertiary alicyclic amines) is 1. The predicted molar refractivity (Wildman–Crippen MR) is 173 cm³/mol.